The first-order chi connectivity index (χ1) is 7.90. The highest BCUT2D eigenvalue weighted by Gasteiger charge is 2.20. The molecule has 1 amide bonds. The van der Waals surface area contributed by atoms with Crippen LogP contribution in [0.25, 0.3) is 0 Å². The Balaban J connectivity index is 4.36. The first-order valence-corrected chi connectivity index (χ1v) is 6.17. The zero-order chi connectivity index (χ0) is 13.4. The van der Waals surface area contributed by atoms with E-state index in [9.17, 15) is 9.59 Å². The van der Waals surface area contributed by atoms with Crippen LogP contribution in [0.1, 0.15) is 46.5 Å². The first-order valence-electron chi connectivity index (χ1n) is 6.17. The van der Waals surface area contributed by atoms with Gasteiger partial charge in [-0.15, -0.1) is 0 Å². The number of amides is 1. The minimum atomic E-state index is -0.837. The van der Waals surface area contributed by atoms with Gasteiger partial charge in [0.2, 0.25) is 5.91 Å². The minimum Gasteiger partial charge on any atom is -0.481 e. The fraction of sp³-hybridized carbons (Fsp3) is 0.833. The molecule has 0 aromatic rings. The van der Waals surface area contributed by atoms with Crippen LogP contribution in [0, 0.1) is 11.8 Å². The lowest BCUT2D eigenvalue weighted by Gasteiger charge is -2.24. The molecule has 2 atom stereocenters. The fourth-order valence-electron chi connectivity index (χ4n) is 1.79. The number of aliphatic carboxylic acids is 1. The van der Waals surface area contributed by atoms with Crippen LogP contribution in [0.4, 0.5) is 0 Å². The lowest BCUT2D eigenvalue weighted by molar-refractivity contribution is -0.140. The predicted octanol–water partition coefficient (Wildman–Crippen LogP) is 1.63. The van der Waals surface area contributed by atoms with Gasteiger partial charge in [-0.2, -0.15) is 0 Å². The van der Waals surface area contributed by atoms with Gasteiger partial charge in [-0.25, -0.2) is 5.84 Å². The summed E-state index contributed by atoms with van der Waals surface area (Å²) < 4.78 is 0. The van der Waals surface area contributed by atoms with Crippen molar-refractivity contribution >= 4 is 11.9 Å². The number of carboxylic acid groups (broad SMARTS) is 1. The molecule has 0 aliphatic rings. The number of carbonyl (C=O) groups excluding carboxylic acids is 1. The molecule has 0 fully saturated rings. The number of nitrogens with zero attached hydrogens (tertiary/aromatic N) is 1. The molecule has 0 saturated carbocycles. The second kappa shape index (κ2) is 8.06. The summed E-state index contributed by atoms with van der Waals surface area (Å²) in [5.41, 5.74) is 0. The Morgan fingerprint density at radius 3 is 2.35 bits per heavy atom. The Kier molecular flexibility index (Phi) is 7.54. The smallest absolute Gasteiger partial charge is 0.303 e. The molecule has 2 unspecified atom stereocenters. The van der Waals surface area contributed by atoms with E-state index < -0.39 is 5.97 Å². The summed E-state index contributed by atoms with van der Waals surface area (Å²) in [6, 6.07) is 0. The van der Waals surface area contributed by atoms with E-state index in [1.165, 1.54) is 0 Å². The largest absolute Gasteiger partial charge is 0.481 e. The molecule has 0 rings (SSSR count). The highest BCUT2D eigenvalue weighted by Crippen LogP contribution is 2.19. The van der Waals surface area contributed by atoms with Crippen LogP contribution in [0.2, 0.25) is 0 Å². The summed E-state index contributed by atoms with van der Waals surface area (Å²) in [7, 11) is 0. The third kappa shape index (κ3) is 6.94. The van der Waals surface area contributed by atoms with Gasteiger partial charge in [-0.1, -0.05) is 27.2 Å². The molecule has 5 heteroatoms. The van der Waals surface area contributed by atoms with Crippen molar-refractivity contribution in [1.29, 1.82) is 0 Å². The van der Waals surface area contributed by atoms with Crippen LogP contribution in [-0.2, 0) is 9.59 Å². The normalized spacial score (nSPS) is 14.1. The maximum Gasteiger partial charge on any atom is 0.303 e. The van der Waals surface area contributed by atoms with E-state index in [4.69, 9.17) is 10.9 Å². The third-order valence-corrected chi connectivity index (χ3v) is 2.97. The zero-order valence-electron chi connectivity index (χ0n) is 11.0. The van der Waals surface area contributed by atoms with Gasteiger partial charge in [-0.3, -0.25) is 14.6 Å². The summed E-state index contributed by atoms with van der Waals surface area (Å²) in [5.74, 6) is 5.01. The van der Waals surface area contributed by atoms with E-state index in [0.29, 0.717) is 18.9 Å². The Bertz CT molecular complexity index is 256. The van der Waals surface area contributed by atoms with Crippen molar-refractivity contribution in [2.24, 2.45) is 17.7 Å². The monoisotopic (exact) mass is 244 g/mol. The van der Waals surface area contributed by atoms with Gasteiger partial charge in [0.25, 0.3) is 0 Å². The highest BCUT2D eigenvalue weighted by atomic mass is 16.4. The molecule has 0 aromatic carbocycles. The van der Waals surface area contributed by atoms with E-state index in [-0.39, 0.29) is 18.2 Å². The fourth-order valence-corrected chi connectivity index (χ4v) is 1.79. The standard InChI is InChI=1S/C12H24N2O3/c1-4-9(3)6-10(7-12(16)17)8-14(13)11(15)5-2/h9-10H,4-8,13H2,1-3H3,(H,16,17). The second-order valence-electron chi connectivity index (χ2n) is 4.61. The summed E-state index contributed by atoms with van der Waals surface area (Å²) in [5, 5.41) is 9.98. The third-order valence-electron chi connectivity index (χ3n) is 2.97. The number of rotatable bonds is 8. The van der Waals surface area contributed by atoms with Crippen LogP contribution >= 0.6 is 0 Å². The van der Waals surface area contributed by atoms with Crippen molar-refractivity contribution in [1.82, 2.24) is 5.01 Å². The molecule has 0 bridgehead atoms. The Morgan fingerprint density at radius 2 is 1.94 bits per heavy atom. The number of nitrogens with two attached hydrogens (primary N) is 1. The maximum atomic E-state index is 11.3. The van der Waals surface area contributed by atoms with Gasteiger partial charge in [0.15, 0.2) is 0 Å². The van der Waals surface area contributed by atoms with E-state index in [1.54, 1.807) is 6.92 Å². The Hall–Kier alpha value is -1.10. The molecule has 17 heavy (non-hydrogen) atoms. The van der Waals surface area contributed by atoms with Crippen LogP contribution in [-0.4, -0.2) is 28.5 Å². The summed E-state index contributed by atoms with van der Waals surface area (Å²) >= 11 is 0. The zero-order valence-corrected chi connectivity index (χ0v) is 11.0. The average molecular weight is 244 g/mol. The molecule has 3 N–H and O–H groups in total. The van der Waals surface area contributed by atoms with Crippen molar-refractivity contribution in [2.75, 3.05) is 6.54 Å². The average Bonchev–Trinajstić information content (AvgIpc) is 2.26. The van der Waals surface area contributed by atoms with Gasteiger partial charge in [0.1, 0.15) is 0 Å². The molecule has 100 valence electrons. The van der Waals surface area contributed by atoms with E-state index in [1.807, 2.05) is 0 Å². The van der Waals surface area contributed by atoms with E-state index >= 15 is 0 Å². The second-order valence-corrected chi connectivity index (χ2v) is 4.61. The molecule has 0 radical (unpaired) electrons. The quantitative estimate of drug-likeness (QED) is 0.386. The number of hydrogen-bond donors (Lipinski definition) is 2. The molecule has 5 nitrogen and oxygen atoms in total. The summed E-state index contributed by atoms with van der Waals surface area (Å²) in [6.45, 7) is 6.21. The van der Waals surface area contributed by atoms with Crippen LogP contribution in [0.15, 0.2) is 0 Å². The number of hydrogen-bond acceptors (Lipinski definition) is 3. The Labute approximate surface area is 103 Å². The van der Waals surface area contributed by atoms with Gasteiger partial charge in [0, 0.05) is 19.4 Å². The molecule has 0 aliphatic heterocycles. The van der Waals surface area contributed by atoms with E-state index in [0.717, 1.165) is 17.9 Å². The molecular formula is C12H24N2O3. The molecular weight excluding hydrogens is 220 g/mol. The Morgan fingerprint density at radius 1 is 1.35 bits per heavy atom. The maximum absolute atomic E-state index is 11.3. The van der Waals surface area contributed by atoms with Crippen LogP contribution in [0.3, 0.4) is 0 Å². The van der Waals surface area contributed by atoms with Crippen molar-refractivity contribution < 1.29 is 14.7 Å². The van der Waals surface area contributed by atoms with Crippen LogP contribution < -0.4 is 5.84 Å². The lowest BCUT2D eigenvalue weighted by atomic mass is 9.91. The summed E-state index contributed by atoms with van der Waals surface area (Å²) in [4.78, 5) is 22.1. The van der Waals surface area contributed by atoms with Gasteiger partial charge in [0.05, 0.1) is 0 Å². The van der Waals surface area contributed by atoms with Crippen LogP contribution in [0.5, 0.6) is 0 Å². The first kappa shape index (κ1) is 15.9. The minimum absolute atomic E-state index is 0.0645. The van der Waals surface area contributed by atoms with Gasteiger partial charge < -0.3 is 5.11 Å². The molecule has 0 aromatic heterocycles. The van der Waals surface area contributed by atoms with E-state index in [2.05, 4.69) is 13.8 Å². The van der Waals surface area contributed by atoms with Gasteiger partial charge >= 0.3 is 5.97 Å². The van der Waals surface area contributed by atoms with Crippen molar-refractivity contribution in [2.45, 2.75) is 46.5 Å². The molecule has 0 heterocycles. The molecule has 0 spiro atoms. The van der Waals surface area contributed by atoms with Crippen molar-refractivity contribution in [3.63, 3.8) is 0 Å². The SMILES string of the molecule is CCC(=O)N(N)CC(CC(=O)O)CC(C)CC. The molecule has 0 saturated heterocycles. The van der Waals surface area contributed by atoms with Crippen molar-refractivity contribution in [3.8, 4) is 0 Å². The molecule has 0 aliphatic carbocycles. The van der Waals surface area contributed by atoms with Crippen molar-refractivity contribution in [3.05, 3.63) is 0 Å². The summed E-state index contributed by atoms with van der Waals surface area (Å²) in [6.07, 6.45) is 2.20. The predicted molar refractivity (Wildman–Crippen MR) is 66.0 cm³/mol. The number of hydrazine groups is 1. The topological polar surface area (TPSA) is 83.6 Å². The number of carbonyl (C=O) groups is 2. The number of carboxylic acids is 1. The lowest BCUT2D eigenvalue weighted by Crippen LogP contribution is -2.41. The van der Waals surface area contributed by atoms with Gasteiger partial charge in [-0.05, 0) is 18.3 Å². The highest BCUT2D eigenvalue weighted by molar-refractivity contribution is 5.75.